The first-order valence-electron chi connectivity index (χ1n) is 8.36. The van der Waals surface area contributed by atoms with Crippen molar-refractivity contribution < 1.29 is 9.53 Å². The predicted octanol–water partition coefficient (Wildman–Crippen LogP) is 4.65. The Balaban J connectivity index is 1.64. The maximum atomic E-state index is 12.5. The van der Waals surface area contributed by atoms with Gasteiger partial charge in [-0.15, -0.1) is 0 Å². The van der Waals surface area contributed by atoms with E-state index in [-0.39, 0.29) is 5.91 Å². The second-order valence-corrected chi connectivity index (χ2v) is 7.43. The van der Waals surface area contributed by atoms with E-state index < -0.39 is 0 Å². The average molecular weight is 449 g/mol. The normalized spacial score (nSPS) is 10.7. The number of nitrogens with one attached hydrogen (secondary N) is 1. The van der Waals surface area contributed by atoms with E-state index in [0.29, 0.717) is 29.5 Å². The van der Waals surface area contributed by atoms with Crippen molar-refractivity contribution in [3.63, 3.8) is 0 Å². The fourth-order valence-electron chi connectivity index (χ4n) is 2.59. The molecule has 7 heteroatoms. The maximum Gasteiger partial charge on any atom is 0.251 e. The summed E-state index contributed by atoms with van der Waals surface area (Å²) in [5.41, 5.74) is 3.44. The minimum atomic E-state index is -0.154. The third kappa shape index (κ3) is 4.90. The minimum Gasteiger partial charge on any atom is -0.487 e. The molecule has 0 radical (unpaired) electrons. The summed E-state index contributed by atoms with van der Waals surface area (Å²) in [5, 5.41) is 7.61. The highest BCUT2D eigenvalue weighted by molar-refractivity contribution is 9.10. The molecule has 0 atom stereocenters. The van der Waals surface area contributed by atoms with Crippen LogP contribution in [0, 0.1) is 6.92 Å². The molecule has 140 valence electrons. The van der Waals surface area contributed by atoms with E-state index in [1.807, 2.05) is 50.4 Å². The van der Waals surface area contributed by atoms with Crippen molar-refractivity contribution in [1.82, 2.24) is 15.1 Å². The molecule has 1 aromatic heterocycles. The molecule has 3 aromatic rings. The Morgan fingerprint density at radius 2 is 2.11 bits per heavy atom. The minimum absolute atomic E-state index is 0.154. The van der Waals surface area contributed by atoms with E-state index in [9.17, 15) is 4.79 Å². The van der Waals surface area contributed by atoms with Crippen LogP contribution < -0.4 is 10.1 Å². The van der Waals surface area contributed by atoms with Gasteiger partial charge in [-0.05, 0) is 58.2 Å². The highest BCUT2D eigenvalue weighted by Crippen LogP contribution is 2.26. The molecule has 0 unspecified atom stereocenters. The fourth-order valence-corrected chi connectivity index (χ4v) is 3.25. The summed E-state index contributed by atoms with van der Waals surface area (Å²) in [7, 11) is 1.83. The highest BCUT2D eigenvalue weighted by Gasteiger charge is 2.11. The Morgan fingerprint density at radius 3 is 2.85 bits per heavy atom. The lowest BCUT2D eigenvalue weighted by molar-refractivity contribution is 0.0950. The number of halogens is 2. The Bertz CT molecular complexity index is 952. The van der Waals surface area contributed by atoms with Gasteiger partial charge in [-0.3, -0.25) is 9.48 Å². The molecular weight excluding hydrogens is 430 g/mol. The number of amides is 1. The van der Waals surface area contributed by atoms with E-state index in [2.05, 4.69) is 26.3 Å². The van der Waals surface area contributed by atoms with Gasteiger partial charge in [-0.1, -0.05) is 29.8 Å². The molecule has 3 rings (SSSR count). The zero-order valence-electron chi connectivity index (χ0n) is 15.0. The van der Waals surface area contributed by atoms with Gasteiger partial charge in [0, 0.05) is 12.6 Å². The molecule has 2 aromatic carbocycles. The maximum absolute atomic E-state index is 12.5. The predicted molar refractivity (Wildman–Crippen MR) is 109 cm³/mol. The number of rotatable bonds is 6. The van der Waals surface area contributed by atoms with Crippen molar-refractivity contribution >= 4 is 33.4 Å². The Labute approximate surface area is 171 Å². The van der Waals surface area contributed by atoms with Gasteiger partial charge < -0.3 is 10.1 Å². The van der Waals surface area contributed by atoms with Crippen molar-refractivity contribution in [3.05, 3.63) is 80.5 Å². The first-order chi connectivity index (χ1) is 12.9. The second kappa shape index (κ2) is 8.59. The van der Waals surface area contributed by atoms with E-state index in [0.717, 1.165) is 21.3 Å². The average Bonchev–Trinajstić information content (AvgIpc) is 2.98. The monoisotopic (exact) mass is 447 g/mol. The van der Waals surface area contributed by atoms with Gasteiger partial charge in [0.05, 0.1) is 27.9 Å². The summed E-state index contributed by atoms with van der Waals surface area (Å²) in [5.74, 6) is 0.478. The summed E-state index contributed by atoms with van der Waals surface area (Å²) < 4.78 is 8.39. The highest BCUT2D eigenvalue weighted by atomic mass is 79.9. The van der Waals surface area contributed by atoms with E-state index >= 15 is 0 Å². The van der Waals surface area contributed by atoms with Gasteiger partial charge >= 0.3 is 0 Å². The molecule has 1 heterocycles. The van der Waals surface area contributed by atoms with Gasteiger partial charge in [-0.2, -0.15) is 5.10 Å². The number of carbonyl (C=O) groups is 1. The van der Waals surface area contributed by atoms with Crippen LogP contribution in [0.2, 0.25) is 5.02 Å². The van der Waals surface area contributed by atoms with Crippen LogP contribution in [0.1, 0.15) is 27.2 Å². The van der Waals surface area contributed by atoms with Crippen LogP contribution in [-0.4, -0.2) is 15.7 Å². The summed E-state index contributed by atoms with van der Waals surface area (Å²) in [4.78, 5) is 12.5. The van der Waals surface area contributed by atoms with Crippen LogP contribution in [0.5, 0.6) is 5.75 Å². The van der Waals surface area contributed by atoms with Crippen molar-refractivity contribution in [3.8, 4) is 5.75 Å². The zero-order valence-corrected chi connectivity index (χ0v) is 17.3. The largest absolute Gasteiger partial charge is 0.487 e. The van der Waals surface area contributed by atoms with E-state index in [4.69, 9.17) is 16.3 Å². The van der Waals surface area contributed by atoms with Crippen LogP contribution in [-0.2, 0) is 20.2 Å². The molecule has 0 saturated carbocycles. The molecule has 27 heavy (non-hydrogen) atoms. The molecule has 5 nitrogen and oxygen atoms in total. The smallest absolute Gasteiger partial charge is 0.251 e. The Hall–Kier alpha value is -2.31. The fraction of sp³-hybridized carbons (Fsp3) is 0.200. The quantitative estimate of drug-likeness (QED) is 0.597. The molecule has 1 amide bonds. The lowest BCUT2D eigenvalue weighted by atomic mass is 10.1. The SMILES string of the molecule is Cc1ccc(Cl)c(OCc2cccc(C(=O)NCc3c(Br)cnn3C)c2)c1. The number of ether oxygens (including phenoxy) is 1. The zero-order chi connectivity index (χ0) is 19.4. The van der Waals surface area contributed by atoms with Gasteiger partial charge in [-0.25, -0.2) is 0 Å². The molecule has 0 aliphatic rings. The molecular formula is C20H19BrClN3O2. The number of hydrogen-bond donors (Lipinski definition) is 1. The number of benzene rings is 2. The van der Waals surface area contributed by atoms with E-state index in [1.165, 1.54) is 0 Å². The van der Waals surface area contributed by atoms with Crippen LogP contribution in [0.4, 0.5) is 0 Å². The van der Waals surface area contributed by atoms with Crippen molar-refractivity contribution in [1.29, 1.82) is 0 Å². The first-order valence-corrected chi connectivity index (χ1v) is 9.53. The summed E-state index contributed by atoms with van der Waals surface area (Å²) in [6.45, 7) is 2.70. The lowest BCUT2D eigenvalue weighted by Gasteiger charge is -2.10. The third-order valence-corrected chi connectivity index (χ3v) is 5.07. The lowest BCUT2D eigenvalue weighted by Crippen LogP contribution is -2.24. The summed E-state index contributed by atoms with van der Waals surface area (Å²) >= 11 is 9.59. The molecule has 0 saturated heterocycles. The molecule has 0 fully saturated rings. The standard InChI is InChI=1S/C20H19BrClN3O2/c1-13-6-7-17(22)19(8-13)27-12-14-4-3-5-15(9-14)20(26)23-11-18-16(21)10-24-25(18)2/h3-10H,11-12H2,1-2H3,(H,23,26). The number of nitrogens with zero attached hydrogens (tertiary/aromatic N) is 2. The van der Waals surface area contributed by atoms with Gasteiger partial charge in [0.1, 0.15) is 12.4 Å². The Kier molecular flexibility index (Phi) is 6.19. The molecule has 0 aliphatic heterocycles. The summed E-state index contributed by atoms with van der Waals surface area (Å²) in [6, 6.07) is 13.0. The van der Waals surface area contributed by atoms with Crippen molar-refractivity contribution in [2.45, 2.75) is 20.1 Å². The number of hydrogen-bond acceptors (Lipinski definition) is 3. The third-order valence-electron chi connectivity index (χ3n) is 4.10. The second-order valence-electron chi connectivity index (χ2n) is 6.17. The van der Waals surface area contributed by atoms with Gasteiger partial charge in [0.2, 0.25) is 0 Å². The van der Waals surface area contributed by atoms with Crippen molar-refractivity contribution in [2.24, 2.45) is 7.05 Å². The van der Waals surface area contributed by atoms with Gasteiger partial charge in [0.15, 0.2) is 0 Å². The number of aryl methyl sites for hydroxylation is 2. The first kappa shape index (κ1) is 19.5. The number of carbonyl (C=O) groups excluding carboxylic acids is 1. The van der Waals surface area contributed by atoms with Crippen LogP contribution in [0.25, 0.3) is 0 Å². The summed E-state index contributed by atoms with van der Waals surface area (Å²) in [6.07, 6.45) is 1.70. The van der Waals surface area contributed by atoms with Crippen LogP contribution in [0.3, 0.4) is 0 Å². The molecule has 0 spiro atoms. The topological polar surface area (TPSA) is 56.1 Å². The number of aromatic nitrogens is 2. The van der Waals surface area contributed by atoms with Crippen molar-refractivity contribution in [2.75, 3.05) is 0 Å². The van der Waals surface area contributed by atoms with Gasteiger partial charge in [0.25, 0.3) is 5.91 Å². The van der Waals surface area contributed by atoms with Crippen LogP contribution >= 0.6 is 27.5 Å². The molecule has 1 N–H and O–H groups in total. The van der Waals surface area contributed by atoms with Crippen LogP contribution in [0.15, 0.2) is 53.1 Å². The molecule has 0 aliphatic carbocycles. The van der Waals surface area contributed by atoms with E-state index in [1.54, 1.807) is 16.9 Å². The molecule has 0 bridgehead atoms. The Morgan fingerprint density at radius 1 is 1.30 bits per heavy atom.